The van der Waals surface area contributed by atoms with Gasteiger partial charge in [-0.2, -0.15) is 0 Å². The van der Waals surface area contributed by atoms with E-state index in [1.165, 1.54) is 7.11 Å². The van der Waals surface area contributed by atoms with Crippen molar-refractivity contribution in [3.8, 4) is 0 Å². The lowest BCUT2D eigenvalue weighted by Crippen LogP contribution is -2.53. The van der Waals surface area contributed by atoms with Crippen LogP contribution >= 0.6 is 0 Å². The highest BCUT2D eigenvalue weighted by Crippen LogP contribution is 2.34. The van der Waals surface area contributed by atoms with Gasteiger partial charge in [0.15, 0.2) is 0 Å². The lowest BCUT2D eigenvalue weighted by atomic mass is 9.89. The number of carbonyl (C=O) groups is 2. The van der Waals surface area contributed by atoms with Crippen LogP contribution in [0.3, 0.4) is 0 Å². The van der Waals surface area contributed by atoms with E-state index in [1.54, 1.807) is 24.3 Å². The van der Waals surface area contributed by atoms with E-state index in [0.29, 0.717) is 18.0 Å². The third kappa shape index (κ3) is 2.78. The van der Waals surface area contributed by atoms with Gasteiger partial charge in [0.1, 0.15) is 12.0 Å². The van der Waals surface area contributed by atoms with Crippen molar-refractivity contribution in [2.45, 2.75) is 37.5 Å². The summed E-state index contributed by atoms with van der Waals surface area (Å²) in [7, 11) is 1.37. The molecule has 2 unspecified atom stereocenters. The standard InChI is InChI=1S/C16H19NO4/c1-20-16(19)14-12-8-7-11(17-12)9-13(14)21-15(18)10-5-3-2-4-6-10/h2-6,11-14,17H,7-9H2,1H3/t11?,12?,13-,14+/m0/s1/i1-1. The topological polar surface area (TPSA) is 64.6 Å². The number of carbonyl (C=O) groups excluding carboxylic acids is 2. The average molecular weight is 288 g/mol. The average Bonchev–Trinajstić information content (AvgIpc) is 2.89. The van der Waals surface area contributed by atoms with Crippen molar-refractivity contribution < 1.29 is 19.1 Å². The van der Waals surface area contributed by atoms with E-state index in [1.807, 2.05) is 6.07 Å². The fraction of sp³-hybridized carbons (Fsp3) is 0.500. The molecule has 2 aliphatic heterocycles. The zero-order chi connectivity index (χ0) is 14.8. The fourth-order valence-electron chi connectivity index (χ4n) is 3.36. The molecule has 3 rings (SSSR count). The van der Waals surface area contributed by atoms with Crippen LogP contribution in [0.25, 0.3) is 0 Å². The summed E-state index contributed by atoms with van der Waals surface area (Å²) < 4.78 is 10.5. The molecule has 0 radical (unpaired) electrons. The number of hydrogen-bond donors (Lipinski definition) is 1. The molecule has 2 saturated heterocycles. The summed E-state index contributed by atoms with van der Waals surface area (Å²) in [6, 6.07) is 9.23. The molecule has 2 fully saturated rings. The van der Waals surface area contributed by atoms with Gasteiger partial charge >= 0.3 is 11.9 Å². The molecule has 2 heterocycles. The van der Waals surface area contributed by atoms with E-state index in [-0.39, 0.29) is 18.0 Å². The van der Waals surface area contributed by atoms with E-state index in [2.05, 4.69) is 5.32 Å². The minimum absolute atomic E-state index is 0.0461. The number of methoxy groups -OCH3 is 1. The second kappa shape index (κ2) is 5.85. The van der Waals surface area contributed by atoms with Crippen molar-refractivity contribution in [3.05, 3.63) is 35.9 Å². The highest BCUT2D eigenvalue weighted by molar-refractivity contribution is 5.89. The Morgan fingerprint density at radius 1 is 1.19 bits per heavy atom. The summed E-state index contributed by atoms with van der Waals surface area (Å²) in [5.74, 6) is -1.10. The second-order valence-corrected chi connectivity index (χ2v) is 5.64. The first kappa shape index (κ1) is 14.1. The molecule has 0 saturated carbocycles. The van der Waals surface area contributed by atoms with Gasteiger partial charge in [-0.25, -0.2) is 4.79 Å². The van der Waals surface area contributed by atoms with Gasteiger partial charge in [-0.05, 0) is 25.0 Å². The molecule has 2 aliphatic rings. The van der Waals surface area contributed by atoms with E-state index < -0.39 is 12.0 Å². The van der Waals surface area contributed by atoms with E-state index in [9.17, 15) is 9.59 Å². The SMILES string of the molecule is [11CH3]OC(=O)[C@@H]1C2CCC(C[C@@H]1OC(=O)c1ccccc1)N2. The van der Waals surface area contributed by atoms with Crippen LogP contribution in [-0.2, 0) is 14.3 Å². The Bertz CT molecular complexity index is 530. The Kier molecular flexibility index (Phi) is 3.92. The molecule has 4 atom stereocenters. The predicted octanol–water partition coefficient (Wildman–Crippen LogP) is 1.53. The number of esters is 2. The van der Waals surface area contributed by atoms with Gasteiger partial charge < -0.3 is 14.8 Å². The molecule has 0 spiro atoms. The summed E-state index contributed by atoms with van der Waals surface area (Å²) in [5, 5.41) is 3.41. The van der Waals surface area contributed by atoms with Gasteiger partial charge in [-0.15, -0.1) is 0 Å². The molecule has 0 aliphatic carbocycles. The van der Waals surface area contributed by atoms with Gasteiger partial charge in [0.05, 0.1) is 12.7 Å². The number of nitrogens with one attached hydrogen (secondary N) is 1. The molecule has 5 heteroatoms. The predicted molar refractivity (Wildman–Crippen MR) is 75.7 cm³/mol. The molecule has 112 valence electrons. The van der Waals surface area contributed by atoms with Gasteiger partial charge in [-0.3, -0.25) is 4.79 Å². The third-order valence-electron chi connectivity index (χ3n) is 4.37. The third-order valence-corrected chi connectivity index (χ3v) is 4.37. The first-order valence-electron chi connectivity index (χ1n) is 7.29. The zero-order valence-corrected chi connectivity index (χ0v) is 12.0. The molecule has 21 heavy (non-hydrogen) atoms. The minimum atomic E-state index is -0.415. The fourth-order valence-corrected chi connectivity index (χ4v) is 3.36. The molecular weight excluding hydrogens is 269 g/mol. The van der Waals surface area contributed by atoms with Crippen molar-refractivity contribution in [3.63, 3.8) is 0 Å². The first-order chi connectivity index (χ1) is 10.2. The normalized spacial score (nSPS) is 30.7. The van der Waals surface area contributed by atoms with Crippen molar-refractivity contribution in [2.24, 2.45) is 5.92 Å². The molecule has 2 bridgehead atoms. The molecule has 1 aromatic carbocycles. The van der Waals surface area contributed by atoms with E-state index in [4.69, 9.17) is 9.47 Å². The van der Waals surface area contributed by atoms with Crippen LogP contribution in [-0.4, -0.2) is 37.2 Å². The first-order valence-corrected chi connectivity index (χ1v) is 7.29. The Hall–Kier alpha value is -1.88. The summed E-state index contributed by atoms with van der Waals surface area (Å²) in [5.41, 5.74) is 0.506. The van der Waals surface area contributed by atoms with Gasteiger partial charge in [-0.1, -0.05) is 18.2 Å². The van der Waals surface area contributed by atoms with Crippen LogP contribution in [0.15, 0.2) is 30.3 Å². The van der Waals surface area contributed by atoms with E-state index >= 15 is 0 Å². The highest BCUT2D eigenvalue weighted by Gasteiger charge is 2.47. The van der Waals surface area contributed by atoms with E-state index in [0.717, 1.165) is 12.8 Å². The highest BCUT2D eigenvalue weighted by atomic mass is 16.5. The number of hydrogen-bond acceptors (Lipinski definition) is 5. The summed E-state index contributed by atoms with van der Waals surface area (Å²) >= 11 is 0. The van der Waals surface area contributed by atoms with Crippen molar-refractivity contribution in [2.75, 3.05) is 7.11 Å². The van der Waals surface area contributed by atoms with Gasteiger partial charge in [0, 0.05) is 18.5 Å². The largest absolute Gasteiger partial charge is 0.469 e. The Balaban J connectivity index is 1.76. The number of fused-ring (bicyclic) bond motifs is 2. The summed E-state index contributed by atoms with van der Waals surface area (Å²) in [6.07, 6.45) is 2.18. The van der Waals surface area contributed by atoms with Crippen molar-refractivity contribution in [1.29, 1.82) is 0 Å². The summed E-state index contributed by atoms with van der Waals surface area (Å²) in [4.78, 5) is 24.2. The van der Waals surface area contributed by atoms with Crippen molar-refractivity contribution in [1.82, 2.24) is 5.32 Å². The lowest BCUT2D eigenvalue weighted by Gasteiger charge is -2.35. The van der Waals surface area contributed by atoms with Gasteiger partial charge in [0.25, 0.3) is 0 Å². The van der Waals surface area contributed by atoms with Crippen LogP contribution in [0.2, 0.25) is 0 Å². The monoisotopic (exact) mass is 288 g/mol. The maximum absolute atomic E-state index is 12.2. The Morgan fingerprint density at radius 3 is 2.67 bits per heavy atom. The molecule has 1 aromatic rings. The number of piperidine rings is 1. The van der Waals surface area contributed by atoms with Crippen LogP contribution in [0, 0.1) is 5.92 Å². The minimum Gasteiger partial charge on any atom is -0.469 e. The van der Waals surface area contributed by atoms with Crippen LogP contribution in [0.5, 0.6) is 0 Å². The Morgan fingerprint density at radius 2 is 1.95 bits per heavy atom. The van der Waals surface area contributed by atoms with Crippen LogP contribution in [0.4, 0.5) is 0 Å². The number of rotatable bonds is 3. The smallest absolute Gasteiger partial charge is 0.338 e. The molecule has 1 N–H and O–H groups in total. The molecular formula is C16H19NO4. The van der Waals surface area contributed by atoms with Crippen molar-refractivity contribution >= 4 is 11.9 Å². The second-order valence-electron chi connectivity index (χ2n) is 5.64. The summed E-state index contributed by atoms with van der Waals surface area (Å²) in [6.45, 7) is 0. The molecule has 0 aromatic heterocycles. The molecule has 0 amide bonds. The van der Waals surface area contributed by atoms with Crippen LogP contribution in [0.1, 0.15) is 29.6 Å². The molecule has 5 nitrogen and oxygen atoms in total. The maximum Gasteiger partial charge on any atom is 0.338 e. The van der Waals surface area contributed by atoms with Gasteiger partial charge in [0.2, 0.25) is 0 Å². The number of benzene rings is 1. The quantitative estimate of drug-likeness (QED) is 0.854. The number of ether oxygens (including phenoxy) is 2. The van der Waals surface area contributed by atoms with Crippen LogP contribution < -0.4 is 5.32 Å². The maximum atomic E-state index is 12.2. The Labute approximate surface area is 123 Å². The zero-order valence-electron chi connectivity index (χ0n) is 12.0. The lowest BCUT2D eigenvalue weighted by molar-refractivity contribution is -0.152.